The molecule has 0 aromatic heterocycles. The van der Waals surface area contributed by atoms with E-state index in [2.05, 4.69) is 4.90 Å². The van der Waals surface area contributed by atoms with Gasteiger partial charge in [-0.2, -0.15) is 0 Å². The lowest BCUT2D eigenvalue weighted by molar-refractivity contribution is -0.127. The van der Waals surface area contributed by atoms with Gasteiger partial charge in [0, 0.05) is 11.6 Å². The van der Waals surface area contributed by atoms with Gasteiger partial charge in [-0.3, -0.25) is 4.79 Å². The van der Waals surface area contributed by atoms with Crippen LogP contribution in [0.25, 0.3) is 0 Å². The van der Waals surface area contributed by atoms with Crippen molar-refractivity contribution in [2.45, 2.75) is 37.0 Å². The third-order valence-electron chi connectivity index (χ3n) is 5.40. The largest absolute Gasteiger partial charge is 0.504 e. The van der Waals surface area contributed by atoms with E-state index >= 15 is 0 Å². The molecule has 0 fully saturated rings. The number of likely N-dealkylation sites (N-methyl/N-ethyl adjacent to an activating group) is 1. The lowest BCUT2D eigenvalue weighted by Crippen LogP contribution is -2.61. The van der Waals surface area contributed by atoms with Crippen LogP contribution >= 0.6 is 0 Å². The molecule has 5 nitrogen and oxygen atoms in total. The van der Waals surface area contributed by atoms with Crippen LogP contribution in [0.2, 0.25) is 0 Å². The molecule has 116 valence electrons. The Kier molecular flexibility index (Phi) is 2.72. The summed E-state index contributed by atoms with van der Waals surface area (Å²) < 4.78 is 5.74. The normalized spacial score (nSPS) is 34.7. The number of nitrogens with zero attached hydrogens (tertiary/aromatic N) is 1. The van der Waals surface area contributed by atoms with Crippen LogP contribution in [-0.4, -0.2) is 52.2 Å². The molecule has 0 spiro atoms. The molecule has 2 aliphatic carbocycles. The number of benzene rings is 1. The standard InChI is InChI=1S/C17H19NO4/c1-3-18(2)12-8-9-4-5-10(19)15-13(9)14-16(22-15)11(20)6-7-17(12,14)21/h4-7,12,14,16,19,21H,3,8H2,1-2H3. The zero-order chi connectivity index (χ0) is 15.6. The number of aromatic hydroxyl groups is 1. The first-order valence-electron chi connectivity index (χ1n) is 7.64. The summed E-state index contributed by atoms with van der Waals surface area (Å²) in [5, 5.41) is 21.4. The molecule has 4 atom stereocenters. The molecular weight excluding hydrogens is 282 g/mol. The van der Waals surface area contributed by atoms with Crippen LogP contribution in [0.1, 0.15) is 24.0 Å². The van der Waals surface area contributed by atoms with Gasteiger partial charge in [-0.25, -0.2) is 0 Å². The topological polar surface area (TPSA) is 70.0 Å². The molecule has 22 heavy (non-hydrogen) atoms. The maximum atomic E-state index is 12.2. The molecule has 4 rings (SSSR count). The Morgan fingerprint density at radius 3 is 2.95 bits per heavy atom. The lowest BCUT2D eigenvalue weighted by atomic mass is 9.64. The van der Waals surface area contributed by atoms with Crippen molar-refractivity contribution in [1.29, 1.82) is 0 Å². The van der Waals surface area contributed by atoms with E-state index in [0.29, 0.717) is 12.2 Å². The molecule has 0 saturated heterocycles. The number of hydrogen-bond acceptors (Lipinski definition) is 5. The predicted molar refractivity (Wildman–Crippen MR) is 80.2 cm³/mol. The van der Waals surface area contributed by atoms with E-state index < -0.39 is 17.6 Å². The summed E-state index contributed by atoms with van der Waals surface area (Å²) in [4.78, 5) is 14.3. The molecular formula is C17H19NO4. The van der Waals surface area contributed by atoms with Gasteiger partial charge in [0.05, 0.1) is 5.92 Å². The number of ether oxygens (including phenoxy) is 1. The number of aliphatic hydroxyl groups is 1. The third kappa shape index (κ3) is 1.53. The van der Waals surface area contributed by atoms with Gasteiger partial charge in [0.25, 0.3) is 0 Å². The fourth-order valence-electron chi connectivity index (χ4n) is 4.15. The third-order valence-corrected chi connectivity index (χ3v) is 5.40. The van der Waals surface area contributed by atoms with Gasteiger partial charge in [0.15, 0.2) is 23.4 Å². The van der Waals surface area contributed by atoms with Gasteiger partial charge in [0.1, 0.15) is 5.60 Å². The van der Waals surface area contributed by atoms with Crippen molar-refractivity contribution in [1.82, 2.24) is 4.90 Å². The highest BCUT2D eigenvalue weighted by atomic mass is 16.5. The summed E-state index contributed by atoms with van der Waals surface area (Å²) in [5.41, 5.74) is 0.680. The molecule has 1 heterocycles. The minimum atomic E-state index is -1.16. The van der Waals surface area contributed by atoms with Gasteiger partial charge in [-0.05, 0) is 43.8 Å². The van der Waals surface area contributed by atoms with E-state index in [1.165, 1.54) is 6.08 Å². The van der Waals surface area contributed by atoms with Crippen molar-refractivity contribution >= 4 is 5.78 Å². The van der Waals surface area contributed by atoms with Gasteiger partial charge in [-0.15, -0.1) is 0 Å². The van der Waals surface area contributed by atoms with E-state index in [1.807, 2.05) is 20.0 Å². The van der Waals surface area contributed by atoms with Crippen LogP contribution in [0.15, 0.2) is 24.3 Å². The first kappa shape index (κ1) is 13.8. The van der Waals surface area contributed by atoms with Crippen molar-refractivity contribution in [3.05, 3.63) is 35.4 Å². The summed E-state index contributed by atoms with van der Waals surface area (Å²) in [7, 11) is 1.98. The van der Waals surface area contributed by atoms with E-state index in [-0.39, 0.29) is 17.6 Å². The van der Waals surface area contributed by atoms with Crippen molar-refractivity contribution in [3.8, 4) is 11.5 Å². The monoisotopic (exact) mass is 301 g/mol. The van der Waals surface area contributed by atoms with E-state index in [1.54, 1.807) is 12.1 Å². The lowest BCUT2D eigenvalue weighted by Gasteiger charge is -2.48. The Bertz CT molecular complexity index is 698. The maximum Gasteiger partial charge on any atom is 0.196 e. The number of phenols is 1. The van der Waals surface area contributed by atoms with E-state index in [4.69, 9.17) is 4.74 Å². The second-order valence-corrected chi connectivity index (χ2v) is 6.42. The average molecular weight is 301 g/mol. The molecule has 4 unspecified atom stereocenters. The number of hydrogen-bond donors (Lipinski definition) is 2. The maximum absolute atomic E-state index is 12.2. The highest BCUT2D eigenvalue weighted by Gasteiger charge is 2.59. The fraction of sp³-hybridized carbons (Fsp3) is 0.471. The molecule has 0 amide bonds. The number of carbonyl (C=O) groups excluding carboxylic acids is 1. The number of phenolic OH excluding ortho intramolecular Hbond substituents is 1. The summed E-state index contributed by atoms with van der Waals surface area (Å²) >= 11 is 0. The molecule has 0 bridgehead atoms. The summed E-state index contributed by atoms with van der Waals surface area (Å²) in [5.74, 6) is -0.211. The molecule has 0 saturated carbocycles. The summed E-state index contributed by atoms with van der Waals surface area (Å²) in [6, 6.07) is 3.36. The molecule has 1 aromatic rings. The summed E-state index contributed by atoms with van der Waals surface area (Å²) in [6.45, 7) is 2.84. The van der Waals surface area contributed by atoms with E-state index in [9.17, 15) is 15.0 Å². The van der Waals surface area contributed by atoms with Gasteiger partial charge in [0.2, 0.25) is 0 Å². The molecule has 0 radical (unpaired) electrons. The van der Waals surface area contributed by atoms with Crippen LogP contribution in [0, 0.1) is 0 Å². The molecule has 1 aliphatic heterocycles. The van der Waals surface area contributed by atoms with Crippen LogP contribution in [0.4, 0.5) is 0 Å². The van der Waals surface area contributed by atoms with Crippen LogP contribution in [0.3, 0.4) is 0 Å². The zero-order valence-electron chi connectivity index (χ0n) is 12.6. The first-order chi connectivity index (χ1) is 10.5. The van der Waals surface area contributed by atoms with Gasteiger partial charge in [-0.1, -0.05) is 13.0 Å². The Morgan fingerprint density at radius 2 is 2.23 bits per heavy atom. The van der Waals surface area contributed by atoms with Crippen molar-refractivity contribution in [2.24, 2.45) is 0 Å². The quantitative estimate of drug-likeness (QED) is 0.852. The highest BCUT2D eigenvalue weighted by molar-refractivity contribution is 5.97. The molecule has 2 N–H and O–H groups in total. The van der Waals surface area contributed by atoms with Crippen molar-refractivity contribution in [3.63, 3.8) is 0 Å². The Balaban J connectivity index is 1.96. The first-order valence-corrected chi connectivity index (χ1v) is 7.64. The number of rotatable bonds is 2. The fourth-order valence-corrected chi connectivity index (χ4v) is 4.15. The Hall–Kier alpha value is -1.85. The number of carbonyl (C=O) groups is 1. The van der Waals surface area contributed by atoms with E-state index in [0.717, 1.165) is 17.7 Å². The Morgan fingerprint density at radius 1 is 1.45 bits per heavy atom. The molecule has 3 aliphatic rings. The van der Waals surface area contributed by atoms with Crippen molar-refractivity contribution in [2.75, 3.05) is 13.6 Å². The molecule has 5 heteroatoms. The van der Waals surface area contributed by atoms with Crippen LogP contribution < -0.4 is 4.74 Å². The van der Waals surface area contributed by atoms with Crippen LogP contribution in [-0.2, 0) is 11.2 Å². The second-order valence-electron chi connectivity index (χ2n) is 6.42. The van der Waals surface area contributed by atoms with Crippen LogP contribution in [0.5, 0.6) is 11.5 Å². The minimum Gasteiger partial charge on any atom is -0.504 e. The minimum absolute atomic E-state index is 0.0330. The zero-order valence-corrected chi connectivity index (χ0v) is 12.6. The highest BCUT2D eigenvalue weighted by Crippen LogP contribution is 2.56. The summed E-state index contributed by atoms with van der Waals surface area (Å²) in [6.07, 6.45) is 2.96. The number of ketones is 1. The van der Waals surface area contributed by atoms with Gasteiger partial charge < -0.3 is 19.8 Å². The van der Waals surface area contributed by atoms with Gasteiger partial charge >= 0.3 is 0 Å². The predicted octanol–water partition coefficient (Wildman–Crippen LogP) is 0.983. The second kappa shape index (κ2) is 4.33. The Labute approximate surface area is 128 Å². The SMILES string of the molecule is CCN(C)C1Cc2ccc(O)c3c2C2C(O3)C(=O)C=CC21O. The smallest absolute Gasteiger partial charge is 0.196 e. The molecule has 1 aromatic carbocycles. The average Bonchev–Trinajstić information content (AvgIpc) is 2.93. The van der Waals surface area contributed by atoms with Crippen molar-refractivity contribution < 1.29 is 19.7 Å².